The minimum absolute atomic E-state index is 0.0697. The number of ether oxygens (including phenoxy) is 1. The van der Waals surface area contributed by atoms with E-state index in [9.17, 15) is 0 Å². The molecule has 0 saturated carbocycles. The summed E-state index contributed by atoms with van der Waals surface area (Å²) >= 11 is 0. The van der Waals surface area contributed by atoms with Gasteiger partial charge >= 0.3 is 0 Å². The Balaban J connectivity index is 1.92. The molecule has 1 aromatic rings. The first kappa shape index (κ1) is 10.2. The largest absolute Gasteiger partial charge is 0.384 e. The summed E-state index contributed by atoms with van der Waals surface area (Å²) in [5.41, 5.74) is 5.48. The minimum Gasteiger partial charge on any atom is -0.384 e. The normalized spacial score (nSPS) is 25.4. The number of aromatic nitrogens is 2. The molecule has 1 unspecified atom stereocenters. The lowest BCUT2D eigenvalue weighted by molar-refractivity contribution is 0.0315. The maximum absolute atomic E-state index is 5.66. The van der Waals surface area contributed by atoms with Crippen molar-refractivity contribution in [2.45, 2.75) is 25.4 Å². The lowest BCUT2D eigenvalue weighted by Crippen LogP contribution is -2.32. The molecular formula is C10H16N4O. The first-order valence-corrected chi connectivity index (χ1v) is 5.13. The van der Waals surface area contributed by atoms with E-state index in [1.54, 1.807) is 6.07 Å². The molecule has 1 aromatic heterocycles. The predicted molar refractivity (Wildman–Crippen MR) is 58.5 cm³/mol. The van der Waals surface area contributed by atoms with Gasteiger partial charge in [-0.25, -0.2) is 9.97 Å². The summed E-state index contributed by atoms with van der Waals surface area (Å²) in [7, 11) is 0. The molecule has 1 fully saturated rings. The Bertz CT molecular complexity index is 336. The quantitative estimate of drug-likeness (QED) is 0.776. The molecule has 1 aliphatic heterocycles. The molecule has 5 heteroatoms. The molecule has 15 heavy (non-hydrogen) atoms. The molecule has 3 N–H and O–H groups in total. The van der Waals surface area contributed by atoms with Gasteiger partial charge in [0.25, 0.3) is 0 Å². The van der Waals surface area contributed by atoms with Crippen LogP contribution in [0.25, 0.3) is 0 Å². The summed E-state index contributed by atoms with van der Waals surface area (Å²) in [5.74, 6) is 1.23. The van der Waals surface area contributed by atoms with Crippen LogP contribution in [0.4, 0.5) is 11.6 Å². The van der Waals surface area contributed by atoms with Crippen molar-refractivity contribution in [1.29, 1.82) is 0 Å². The van der Waals surface area contributed by atoms with E-state index in [-0.39, 0.29) is 5.60 Å². The van der Waals surface area contributed by atoms with Gasteiger partial charge in [-0.1, -0.05) is 0 Å². The summed E-state index contributed by atoms with van der Waals surface area (Å²) in [4.78, 5) is 7.91. The van der Waals surface area contributed by atoms with E-state index in [0.717, 1.165) is 31.8 Å². The molecule has 0 radical (unpaired) electrons. The number of nitrogen functional groups attached to an aromatic ring is 1. The molecular weight excluding hydrogens is 192 g/mol. The number of rotatable bonds is 3. The second kappa shape index (κ2) is 4.02. The zero-order chi connectivity index (χ0) is 10.7. The number of nitrogens with one attached hydrogen (secondary N) is 1. The van der Waals surface area contributed by atoms with Crippen molar-refractivity contribution >= 4 is 11.6 Å². The van der Waals surface area contributed by atoms with E-state index in [0.29, 0.717) is 5.82 Å². The number of hydrogen-bond acceptors (Lipinski definition) is 5. The number of nitrogens with two attached hydrogens (primary N) is 1. The van der Waals surface area contributed by atoms with Crippen LogP contribution in [0, 0.1) is 0 Å². The summed E-state index contributed by atoms with van der Waals surface area (Å²) < 4.78 is 5.66. The zero-order valence-corrected chi connectivity index (χ0v) is 8.86. The molecule has 0 aromatic carbocycles. The molecule has 0 spiro atoms. The monoisotopic (exact) mass is 208 g/mol. The smallest absolute Gasteiger partial charge is 0.131 e. The van der Waals surface area contributed by atoms with Crippen LogP contribution in [0.3, 0.4) is 0 Å². The van der Waals surface area contributed by atoms with E-state index in [2.05, 4.69) is 22.2 Å². The standard InChI is InChI=1S/C10H16N4O/c1-10(3-2-4-15-10)6-12-9-5-8(11)13-7-14-9/h5,7H,2-4,6H2,1H3,(H3,11,12,13,14). The van der Waals surface area contributed by atoms with Crippen LogP contribution in [-0.4, -0.2) is 28.7 Å². The predicted octanol–water partition coefficient (Wildman–Crippen LogP) is 1.04. The minimum atomic E-state index is -0.0697. The van der Waals surface area contributed by atoms with E-state index in [4.69, 9.17) is 10.5 Å². The summed E-state index contributed by atoms with van der Waals surface area (Å²) in [6, 6.07) is 1.72. The third kappa shape index (κ3) is 2.56. The lowest BCUT2D eigenvalue weighted by atomic mass is 10.0. The molecule has 1 saturated heterocycles. The van der Waals surface area contributed by atoms with Crippen LogP contribution in [0.2, 0.25) is 0 Å². The van der Waals surface area contributed by atoms with Crippen LogP contribution >= 0.6 is 0 Å². The Kier molecular flexibility index (Phi) is 2.73. The molecule has 0 amide bonds. The fourth-order valence-electron chi connectivity index (χ4n) is 1.72. The summed E-state index contributed by atoms with van der Waals surface area (Å²) in [6.07, 6.45) is 3.67. The van der Waals surface area contributed by atoms with Crippen molar-refractivity contribution in [2.75, 3.05) is 24.2 Å². The number of hydrogen-bond donors (Lipinski definition) is 2. The van der Waals surface area contributed by atoms with E-state index in [1.165, 1.54) is 6.33 Å². The highest BCUT2D eigenvalue weighted by Gasteiger charge is 2.29. The first-order chi connectivity index (χ1) is 7.18. The number of nitrogens with zero attached hydrogens (tertiary/aromatic N) is 2. The van der Waals surface area contributed by atoms with Gasteiger partial charge in [0.15, 0.2) is 0 Å². The van der Waals surface area contributed by atoms with E-state index in [1.807, 2.05) is 0 Å². The molecule has 0 aliphatic carbocycles. The van der Waals surface area contributed by atoms with Gasteiger partial charge in [0.2, 0.25) is 0 Å². The van der Waals surface area contributed by atoms with Gasteiger partial charge in [-0.05, 0) is 19.8 Å². The molecule has 2 heterocycles. The molecule has 82 valence electrons. The Labute approximate surface area is 89.1 Å². The van der Waals surface area contributed by atoms with Gasteiger partial charge in [-0.3, -0.25) is 0 Å². The molecule has 1 aliphatic rings. The van der Waals surface area contributed by atoms with Gasteiger partial charge < -0.3 is 15.8 Å². The Morgan fingerprint density at radius 3 is 3.13 bits per heavy atom. The van der Waals surface area contributed by atoms with Crippen LogP contribution in [0.15, 0.2) is 12.4 Å². The Hall–Kier alpha value is -1.36. The zero-order valence-electron chi connectivity index (χ0n) is 8.86. The van der Waals surface area contributed by atoms with E-state index < -0.39 is 0 Å². The lowest BCUT2D eigenvalue weighted by Gasteiger charge is -2.23. The highest BCUT2D eigenvalue weighted by Crippen LogP contribution is 2.25. The second-order valence-corrected chi connectivity index (χ2v) is 4.08. The van der Waals surface area contributed by atoms with Crippen molar-refractivity contribution < 1.29 is 4.74 Å². The maximum atomic E-state index is 5.66. The average molecular weight is 208 g/mol. The number of anilines is 2. The third-order valence-electron chi connectivity index (χ3n) is 2.63. The van der Waals surface area contributed by atoms with Gasteiger partial charge in [0, 0.05) is 19.2 Å². The fourth-order valence-corrected chi connectivity index (χ4v) is 1.72. The van der Waals surface area contributed by atoms with Crippen molar-refractivity contribution in [2.24, 2.45) is 0 Å². The highest BCUT2D eigenvalue weighted by atomic mass is 16.5. The van der Waals surface area contributed by atoms with E-state index >= 15 is 0 Å². The average Bonchev–Trinajstić information content (AvgIpc) is 2.63. The van der Waals surface area contributed by atoms with Crippen LogP contribution < -0.4 is 11.1 Å². The second-order valence-electron chi connectivity index (χ2n) is 4.08. The molecule has 2 rings (SSSR count). The fraction of sp³-hybridized carbons (Fsp3) is 0.600. The maximum Gasteiger partial charge on any atom is 0.131 e. The Morgan fingerprint density at radius 2 is 2.47 bits per heavy atom. The van der Waals surface area contributed by atoms with Crippen LogP contribution in [0.5, 0.6) is 0 Å². The summed E-state index contributed by atoms with van der Waals surface area (Å²) in [5, 5.41) is 3.21. The van der Waals surface area contributed by atoms with Crippen molar-refractivity contribution in [1.82, 2.24) is 9.97 Å². The first-order valence-electron chi connectivity index (χ1n) is 5.13. The van der Waals surface area contributed by atoms with Crippen molar-refractivity contribution in [3.63, 3.8) is 0 Å². The van der Waals surface area contributed by atoms with Crippen molar-refractivity contribution in [3.05, 3.63) is 12.4 Å². The Morgan fingerprint density at radius 1 is 1.60 bits per heavy atom. The molecule has 1 atom stereocenters. The van der Waals surface area contributed by atoms with Crippen LogP contribution in [-0.2, 0) is 4.74 Å². The van der Waals surface area contributed by atoms with Crippen molar-refractivity contribution in [3.8, 4) is 0 Å². The van der Waals surface area contributed by atoms with Crippen LogP contribution in [0.1, 0.15) is 19.8 Å². The molecule has 0 bridgehead atoms. The highest BCUT2D eigenvalue weighted by molar-refractivity contribution is 5.43. The topological polar surface area (TPSA) is 73.1 Å². The van der Waals surface area contributed by atoms with Gasteiger partial charge in [-0.2, -0.15) is 0 Å². The van der Waals surface area contributed by atoms with Gasteiger partial charge in [0.1, 0.15) is 18.0 Å². The molecule has 5 nitrogen and oxygen atoms in total. The van der Waals surface area contributed by atoms with Gasteiger partial charge in [-0.15, -0.1) is 0 Å². The SMILES string of the molecule is CC1(CNc2cc(N)ncn2)CCCO1. The summed E-state index contributed by atoms with van der Waals surface area (Å²) in [6.45, 7) is 3.71. The van der Waals surface area contributed by atoms with Gasteiger partial charge in [0.05, 0.1) is 5.60 Å². The third-order valence-corrected chi connectivity index (χ3v) is 2.63.